The van der Waals surface area contributed by atoms with Crippen molar-refractivity contribution < 1.29 is 18.7 Å². The van der Waals surface area contributed by atoms with Crippen LogP contribution in [0.5, 0.6) is 0 Å². The molecule has 0 aliphatic rings. The zero-order valence-electron chi connectivity index (χ0n) is 8.57. The Hall–Kier alpha value is -1.84. The van der Waals surface area contributed by atoms with Crippen molar-refractivity contribution in [2.24, 2.45) is 0 Å². The normalized spacial score (nSPS) is 10.8. The maximum absolute atomic E-state index is 13.5. The number of benzene rings is 1. The van der Waals surface area contributed by atoms with E-state index < -0.39 is 5.97 Å². The van der Waals surface area contributed by atoms with Gasteiger partial charge in [-0.15, -0.1) is 0 Å². The van der Waals surface area contributed by atoms with Crippen LogP contribution in [0.3, 0.4) is 0 Å². The molecule has 84 valence electrons. The number of carboxylic acids is 1. The topological polar surface area (TPSA) is 50.4 Å². The molecule has 0 radical (unpaired) electrons. The molecule has 2 rings (SSSR count). The Balaban J connectivity index is 2.24. The van der Waals surface area contributed by atoms with Crippen LogP contribution in [0.15, 0.2) is 28.9 Å². The van der Waals surface area contributed by atoms with Gasteiger partial charge in [-0.3, -0.25) is 4.79 Å². The van der Waals surface area contributed by atoms with Gasteiger partial charge in [-0.25, -0.2) is 4.39 Å². The van der Waals surface area contributed by atoms with Crippen LogP contribution < -0.4 is 0 Å². The average Bonchev–Trinajstić information content (AvgIpc) is 2.69. The monoisotopic (exact) mass is 222 g/mol. The number of aryl methyl sites for hydroxylation is 1. The predicted molar refractivity (Wildman–Crippen MR) is 56.7 cm³/mol. The van der Waals surface area contributed by atoms with Crippen molar-refractivity contribution in [3.63, 3.8) is 0 Å². The summed E-state index contributed by atoms with van der Waals surface area (Å²) in [7, 11) is 0. The standard InChI is InChI=1S/C12H11FO3/c13-10-5-4-8-6-7-16-12(8)9(10)2-1-3-11(14)15/h4-7H,1-3H2,(H,14,15). The molecule has 0 fully saturated rings. The Labute approximate surface area is 91.5 Å². The predicted octanol–water partition coefficient (Wildman–Crippen LogP) is 2.98. The summed E-state index contributed by atoms with van der Waals surface area (Å²) in [5, 5.41) is 9.36. The van der Waals surface area contributed by atoms with Gasteiger partial charge in [0.1, 0.15) is 11.4 Å². The van der Waals surface area contributed by atoms with Crippen LogP contribution in [0, 0.1) is 5.82 Å². The highest BCUT2D eigenvalue weighted by Gasteiger charge is 2.10. The van der Waals surface area contributed by atoms with Gasteiger partial charge in [0, 0.05) is 17.4 Å². The molecule has 1 N–H and O–H groups in total. The molecule has 0 atom stereocenters. The molecule has 16 heavy (non-hydrogen) atoms. The van der Waals surface area contributed by atoms with E-state index in [2.05, 4.69) is 0 Å². The summed E-state index contributed by atoms with van der Waals surface area (Å²) in [6.45, 7) is 0. The molecule has 1 aromatic carbocycles. The van der Waals surface area contributed by atoms with E-state index in [0.717, 1.165) is 5.39 Å². The summed E-state index contributed by atoms with van der Waals surface area (Å²) >= 11 is 0. The highest BCUT2D eigenvalue weighted by molar-refractivity contribution is 5.80. The molecule has 0 saturated carbocycles. The lowest BCUT2D eigenvalue weighted by Crippen LogP contribution is -1.97. The van der Waals surface area contributed by atoms with Gasteiger partial charge in [-0.2, -0.15) is 0 Å². The molecular weight excluding hydrogens is 211 g/mol. The maximum atomic E-state index is 13.5. The van der Waals surface area contributed by atoms with Crippen molar-refractivity contribution in [3.05, 3.63) is 35.8 Å². The van der Waals surface area contributed by atoms with Gasteiger partial charge < -0.3 is 9.52 Å². The van der Waals surface area contributed by atoms with Gasteiger partial charge in [0.25, 0.3) is 0 Å². The van der Waals surface area contributed by atoms with Crippen molar-refractivity contribution in [1.29, 1.82) is 0 Å². The van der Waals surface area contributed by atoms with Gasteiger partial charge in [0.2, 0.25) is 0 Å². The molecule has 0 saturated heterocycles. The van der Waals surface area contributed by atoms with E-state index in [-0.39, 0.29) is 12.2 Å². The van der Waals surface area contributed by atoms with Gasteiger partial charge in [0.05, 0.1) is 6.26 Å². The maximum Gasteiger partial charge on any atom is 0.303 e. The molecule has 4 heteroatoms. The van der Waals surface area contributed by atoms with Crippen molar-refractivity contribution in [2.75, 3.05) is 0 Å². The molecule has 0 spiro atoms. The molecule has 2 aromatic rings. The third kappa shape index (κ3) is 2.05. The minimum Gasteiger partial charge on any atom is -0.481 e. The van der Waals surface area contributed by atoms with Crippen LogP contribution in [-0.2, 0) is 11.2 Å². The van der Waals surface area contributed by atoms with Crippen LogP contribution in [0.4, 0.5) is 4.39 Å². The first kappa shape index (κ1) is 10.7. The minimum absolute atomic E-state index is 0.0382. The molecule has 0 bridgehead atoms. The summed E-state index contributed by atoms with van der Waals surface area (Å²) in [6, 6.07) is 4.79. The van der Waals surface area contributed by atoms with Crippen molar-refractivity contribution in [1.82, 2.24) is 0 Å². The van der Waals surface area contributed by atoms with Gasteiger partial charge in [-0.1, -0.05) is 0 Å². The number of furan rings is 1. The third-order valence-electron chi connectivity index (χ3n) is 2.48. The molecule has 0 unspecified atom stereocenters. The lowest BCUT2D eigenvalue weighted by Gasteiger charge is -2.02. The van der Waals surface area contributed by atoms with Crippen LogP contribution in [0.1, 0.15) is 18.4 Å². The van der Waals surface area contributed by atoms with Gasteiger partial charge >= 0.3 is 5.97 Å². The van der Waals surface area contributed by atoms with E-state index in [0.29, 0.717) is 24.0 Å². The largest absolute Gasteiger partial charge is 0.481 e. The van der Waals surface area contributed by atoms with E-state index in [9.17, 15) is 9.18 Å². The van der Waals surface area contributed by atoms with E-state index >= 15 is 0 Å². The molecule has 0 aliphatic heterocycles. The molecule has 1 aromatic heterocycles. The summed E-state index contributed by atoms with van der Waals surface area (Å²) in [5.41, 5.74) is 0.981. The van der Waals surface area contributed by atoms with E-state index in [1.807, 2.05) is 0 Å². The lowest BCUT2D eigenvalue weighted by molar-refractivity contribution is -0.137. The Bertz CT molecular complexity index is 516. The minimum atomic E-state index is -0.868. The Morgan fingerprint density at radius 1 is 1.38 bits per heavy atom. The van der Waals surface area contributed by atoms with Gasteiger partial charge in [0.15, 0.2) is 0 Å². The molecule has 1 heterocycles. The fourth-order valence-corrected chi connectivity index (χ4v) is 1.72. The van der Waals surface area contributed by atoms with Crippen LogP contribution in [0.25, 0.3) is 11.0 Å². The number of carbonyl (C=O) groups is 1. The fraction of sp³-hybridized carbons (Fsp3) is 0.250. The third-order valence-corrected chi connectivity index (χ3v) is 2.48. The number of fused-ring (bicyclic) bond motifs is 1. The number of carboxylic acid groups (broad SMARTS) is 1. The summed E-state index contributed by atoms with van der Waals surface area (Å²) in [4.78, 5) is 10.4. The van der Waals surface area contributed by atoms with Gasteiger partial charge in [-0.05, 0) is 31.0 Å². The smallest absolute Gasteiger partial charge is 0.303 e. The second-order valence-corrected chi connectivity index (χ2v) is 3.61. The van der Waals surface area contributed by atoms with Crippen LogP contribution in [0.2, 0.25) is 0 Å². The molecular formula is C12H11FO3. The first-order valence-corrected chi connectivity index (χ1v) is 5.05. The Morgan fingerprint density at radius 2 is 2.19 bits per heavy atom. The Morgan fingerprint density at radius 3 is 2.94 bits per heavy atom. The first-order valence-electron chi connectivity index (χ1n) is 5.05. The molecule has 0 amide bonds. The first-order chi connectivity index (χ1) is 7.68. The molecule has 3 nitrogen and oxygen atoms in total. The number of rotatable bonds is 4. The van der Waals surface area contributed by atoms with Crippen LogP contribution >= 0.6 is 0 Å². The summed E-state index contributed by atoms with van der Waals surface area (Å²) in [6.07, 6.45) is 2.33. The SMILES string of the molecule is O=C(O)CCCc1c(F)ccc2ccoc12. The number of aliphatic carboxylic acids is 1. The summed E-state index contributed by atoms with van der Waals surface area (Å²) in [5.74, 6) is -1.21. The Kier molecular flexibility index (Phi) is 2.90. The quantitative estimate of drug-likeness (QED) is 0.865. The lowest BCUT2D eigenvalue weighted by atomic mass is 10.1. The van der Waals surface area contributed by atoms with Crippen LogP contribution in [-0.4, -0.2) is 11.1 Å². The molecule has 0 aliphatic carbocycles. The average molecular weight is 222 g/mol. The highest BCUT2D eigenvalue weighted by atomic mass is 19.1. The number of hydrogen-bond donors (Lipinski definition) is 1. The van der Waals surface area contributed by atoms with Crippen molar-refractivity contribution >= 4 is 16.9 Å². The number of hydrogen-bond acceptors (Lipinski definition) is 2. The number of halogens is 1. The highest BCUT2D eigenvalue weighted by Crippen LogP contribution is 2.24. The second kappa shape index (κ2) is 4.35. The van der Waals surface area contributed by atoms with E-state index in [4.69, 9.17) is 9.52 Å². The zero-order chi connectivity index (χ0) is 11.5. The summed E-state index contributed by atoms with van der Waals surface area (Å²) < 4.78 is 18.7. The van der Waals surface area contributed by atoms with Crippen molar-refractivity contribution in [2.45, 2.75) is 19.3 Å². The van der Waals surface area contributed by atoms with E-state index in [1.165, 1.54) is 12.3 Å². The second-order valence-electron chi connectivity index (χ2n) is 3.61. The fourth-order valence-electron chi connectivity index (χ4n) is 1.72. The van der Waals surface area contributed by atoms with E-state index in [1.54, 1.807) is 12.1 Å². The zero-order valence-corrected chi connectivity index (χ0v) is 8.57. The van der Waals surface area contributed by atoms with Crippen molar-refractivity contribution in [3.8, 4) is 0 Å².